The monoisotopic (exact) mass is 569 g/mol. The number of rotatable bonds is 7. The maximum Gasteiger partial charge on any atom is 0.114 e. The van der Waals surface area contributed by atoms with E-state index < -0.39 is 8.07 Å². The van der Waals surface area contributed by atoms with E-state index in [9.17, 15) is 0 Å². The van der Waals surface area contributed by atoms with Crippen LogP contribution < -0.4 is 0 Å². The van der Waals surface area contributed by atoms with E-state index >= 15 is 0 Å². The van der Waals surface area contributed by atoms with Crippen LogP contribution in [0.15, 0.2) is 42.9 Å². The smallest absolute Gasteiger partial charge is 0.114 e. The second-order valence-corrected chi connectivity index (χ2v) is 13.3. The van der Waals surface area contributed by atoms with Crippen molar-refractivity contribution in [1.82, 2.24) is 19.5 Å². The second-order valence-electron chi connectivity index (χ2n) is 7.29. The zero-order valence-corrected chi connectivity index (χ0v) is 20.3. The van der Waals surface area contributed by atoms with Gasteiger partial charge in [0.2, 0.25) is 0 Å². The Hall–Kier alpha value is -1.33. The van der Waals surface area contributed by atoms with E-state index in [1.54, 1.807) is 6.20 Å². The van der Waals surface area contributed by atoms with Gasteiger partial charge in [-0.05, 0) is 24.2 Å². The first-order chi connectivity index (χ1) is 12.4. The van der Waals surface area contributed by atoms with Crippen LogP contribution >= 0.6 is 11.6 Å². The van der Waals surface area contributed by atoms with Gasteiger partial charge in [-0.15, -0.1) is 0 Å². The van der Waals surface area contributed by atoms with Gasteiger partial charge in [0.1, 0.15) is 13.1 Å². The third-order valence-electron chi connectivity index (χ3n) is 3.94. The standard InChI is InChI=1S/C19H22ClN4OSi.W/c1-26(2,3)11-10-25-14-24-13-23-18(15-4-6-16(20)7-5-15)19(24)17-8-9-21-12-22-17;/h4-9,12H,10-11,14H2,1-3H3;/q-1;. The fraction of sp³-hybridized carbons (Fsp3) is 0.316. The minimum absolute atomic E-state index is 0. The van der Waals surface area contributed by atoms with Crippen molar-refractivity contribution in [2.24, 2.45) is 0 Å². The second kappa shape index (κ2) is 9.74. The fourth-order valence-corrected chi connectivity index (χ4v) is 3.35. The Labute approximate surface area is 180 Å². The van der Waals surface area contributed by atoms with Gasteiger partial charge >= 0.3 is 0 Å². The number of hydrogen-bond acceptors (Lipinski definition) is 4. The Morgan fingerprint density at radius 1 is 1.15 bits per heavy atom. The number of halogens is 1. The molecule has 5 nitrogen and oxygen atoms in total. The molecule has 0 aliphatic heterocycles. The molecule has 0 spiro atoms. The first-order valence-electron chi connectivity index (χ1n) is 8.52. The van der Waals surface area contributed by atoms with Gasteiger partial charge in [0.15, 0.2) is 0 Å². The zero-order chi connectivity index (χ0) is 18.6. The van der Waals surface area contributed by atoms with E-state index in [1.165, 1.54) is 6.33 Å². The van der Waals surface area contributed by atoms with Crippen molar-refractivity contribution in [3.8, 4) is 22.6 Å². The van der Waals surface area contributed by atoms with Gasteiger partial charge in [-0.2, -0.15) is 0 Å². The van der Waals surface area contributed by atoms with Gasteiger partial charge in [0.25, 0.3) is 0 Å². The van der Waals surface area contributed by atoms with Gasteiger partial charge in [-0.25, -0.2) is 9.97 Å². The molecule has 0 saturated heterocycles. The fourth-order valence-electron chi connectivity index (χ4n) is 2.47. The molecule has 3 rings (SSSR count). The summed E-state index contributed by atoms with van der Waals surface area (Å²) in [5.74, 6) is 0. The van der Waals surface area contributed by atoms with Crippen LogP contribution in [0.25, 0.3) is 22.6 Å². The molecule has 0 aliphatic carbocycles. The van der Waals surface area contributed by atoms with Crippen LogP contribution in [0.5, 0.6) is 0 Å². The van der Waals surface area contributed by atoms with Crippen molar-refractivity contribution >= 4 is 19.7 Å². The SMILES string of the molecule is C[Si](C)(C)CCOCn1[c-]nc(-c2ccc(Cl)cc2)c1-c1ccncn1.[W]. The van der Waals surface area contributed by atoms with Crippen molar-refractivity contribution in [2.75, 3.05) is 6.61 Å². The summed E-state index contributed by atoms with van der Waals surface area (Å²) in [7, 11) is -1.12. The molecule has 27 heavy (non-hydrogen) atoms. The van der Waals surface area contributed by atoms with Crippen LogP contribution in [0.3, 0.4) is 0 Å². The first-order valence-corrected chi connectivity index (χ1v) is 12.6. The summed E-state index contributed by atoms with van der Waals surface area (Å²) in [5, 5.41) is 0.690. The third kappa shape index (κ3) is 6.08. The molecule has 0 saturated carbocycles. The quantitative estimate of drug-likeness (QED) is 0.234. The molecular weight excluding hydrogens is 548 g/mol. The molecule has 2 heterocycles. The molecule has 0 unspecified atom stereocenters. The van der Waals surface area contributed by atoms with Crippen molar-refractivity contribution in [1.29, 1.82) is 0 Å². The van der Waals surface area contributed by atoms with E-state index in [4.69, 9.17) is 16.3 Å². The Bertz CT molecular complexity index is 850. The molecule has 0 atom stereocenters. The van der Waals surface area contributed by atoms with Crippen LogP contribution in [0.2, 0.25) is 30.7 Å². The number of nitrogens with zero attached hydrogens (tertiary/aromatic N) is 4. The van der Waals surface area contributed by atoms with Crippen LogP contribution in [0, 0.1) is 6.33 Å². The predicted molar refractivity (Wildman–Crippen MR) is 107 cm³/mol. The van der Waals surface area contributed by atoms with E-state index in [2.05, 4.69) is 40.9 Å². The van der Waals surface area contributed by atoms with Crippen molar-refractivity contribution < 1.29 is 25.8 Å². The summed E-state index contributed by atoms with van der Waals surface area (Å²) in [6.07, 6.45) is 6.29. The van der Waals surface area contributed by atoms with Crippen molar-refractivity contribution in [3.05, 3.63) is 54.2 Å². The van der Waals surface area contributed by atoms with Gasteiger partial charge in [0, 0.05) is 59.0 Å². The van der Waals surface area contributed by atoms with Crippen molar-refractivity contribution in [2.45, 2.75) is 32.4 Å². The van der Waals surface area contributed by atoms with Gasteiger partial charge in [0.05, 0.1) is 0 Å². The molecule has 0 aliphatic rings. The normalized spacial score (nSPS) is 11.3. The topological polar surface area (TPSA) is 52.8 Å². The Balaban J connectivity index is 0.00000261. The van der Waals surface area contributed by atoms with Crippen LogP contribution in [0.4, 0.5) is 0 Å². The molecule has 0 radical (unpaired) electrons. The minimum Gasteiger partial charge on any atom is -0.424 e. The molecule has 0 amide bonds. The number of benzene rings is 1. The third-order valence-corrected chi connectivity index (χ3v) is 5.89. The number of hydrogen-bond donors (Lipinski definition) is 0. The molecule has 1 aromatic carbocycles. The summed E-state index contributed by atoms with van der Waals surface area (Å²) >= 11 is 6.01. The minimum atomic E-state index is -1.12. The molecule has 3 aromatic rings. The molecule has 0 bridgehead atoms. The summed E-state index contributed by atoms with van der Waals surface area (Å²) < 4.78 is 7.76. The van der Waals surface area contributed by atoms with E-state index in [0.29, 0.717) is 11.8 Å². The molecule has 0 N–H and O–H groups in total. The summed E-state index contributed by atoms with van der Waals surface area (Å²) in [6.45, 7) is 8.14. The summed E-state index contributed by atoms with van der Waals surface area (Å²) in [4.78, 5) is 12.9. The molecule has 2 aromatic heterocycles. The van der Waals surface area contributed by atoms with E-state index in [1.807, 2.05) is 34.9 Å². The Morgan fingerprint density at radius 3 is 2.52 bits per heavy atom. The van der Waals surface area contributed by atoms with Crippen molar-refractivity contribution in [3.63, 3.8) is 0 Å². The average molecular weight is 570 g/mol. The number of imidazole rings is 1. The first kappa shape index (κ1) is 22.0. The maximum atomic E-state index is 6.01. The van der Waals surface area contributed by atoms with Crippen LogP contribution in [0.1, 0.15) is 0 Å². The van der Waals surface area contributed by atoms with Gasteiger partial charge in [-0.3, -0.25) is 0 Å². The van der Waals surface area contributed by atoms with Gasteiger partial charge in [-0.1, -0.05) is 60.3 Å². The predicted octanol–water partition coefficient (Wildman–Crippen LogP) is 4.77. The maximum absolute atomic E-state index is 6.01. The molecule has 142 valence electrons. The number of aromatic nitrogens is 4. The van der Waals surface area contributed by atoms with E-state index in [-0.39, 0.29) is 21.1 Å². The average Bonchev–Trinajstić information content (AvgIpc) is 3.03. The van der Waals surface area contributed by atoms with Gasteiger partial charge < -0.3 is 14.3 Å². The van der Waals surface area contributed by atoms with Crippen LogP contribution in [-0.4, -0.2) is 34.2 Å². The van der Waals surface area contributed by atoms with E-state index in [0.717, 1.165) is 35.3 Å². The summed E-state index contributed by atoms with van der Waals surface area (Å²) in [6, 6.07) is 10.6. The molecular formula is C19H22ClN4OSiW-. The summed E-state index contributed by atoms with van der Waals surface area (Å²) in [5.41, 5.74) is 3.41. The zero-order valence-electron chi connectivity index (χ0n) is 15.6. The molecule has 0 fully saturated rings. The number of ether oxygens (including phenoxy) is 1. The Morgan fingerprint density at radius 2 is 1.89 bits per heavy atom. The Kier molecular flexibility index (Phi) is 7.92. The molecule has 8 heteroatoms. The van der Waals surface area contributed by atoms with Crippen LogP contribution in [-0.2, 0) is 32.5 Å². The largest absolute Gasteiger partial charge is 0.424 e.